The lowest BCUT2D eigenvalue weighted by molar-refractivity contribution is 0.106. The molecule has 1 atom stereocenters. The van der Waals surface area contributed by atoms with E-state index in [2.05, 4.69) is 25.7 Å². The molecule has 2 N–H and O–H groups in total. The van der Waals surface area contributed by atoms with Crippen molar-refractivity contribution in [3.8, 4) is 0 Å². The van der Waals surface area contributed by atoms with Gasteiger partial charge in [0.05, 0.1) is 12.6 Å². The van der Waals surface area contributed by atoms with E-state index in [1.807, 2.05) is 7.05 Å². The second-order valence-electron chi connectivity index (χ2n) is 4.88. The van der Waals surface area contributed by atoms with Crippen molar-refractivity contribution < 1.29 is 9.13 Å². The van der Waals surface area contributed by atoms with Crippen LogP contribution >= 0.6 is 0 Å². The third-order valence-electron chi connectivity index (χ3n) is 3.42. The largest absolute Gasteiger partial charge is 0.375 e. The van der Waals surface area contributed by atoms with Gasteiger partial charge in [0.15, 0.2) is 5.96 Å². The Hall–Kier alpha value is -2.48. The number of rotatable bonds is 6. The van der Waals surface area contributed by atoms with E-state index in [1.165, 1.54) is 18.5 Å². The van der Waals surface area contributed by atoms with E-state index in [1.54, 1.807) is 31.0 Å². The molecule has 2 rings (SSSR count). The Balaban J connectivity index is 1.88. The molecular formula is C15H21FN6O. The Morgan fingerprint density at radius 2 is 2.09 bits per heavy atom. The number of guanidine groups is 1. The monoisotopic (exact) mass is 320 g/mol. The van der Waals surface area contributed by atoms with Gasteiger partial charge in [-0.25, -0.2) is 9.37 Å². The number of ether oxygens (including phenoxy) is 1. The summed E-state index contributed by atoms with van der Waals surface area (Å²) in [5.74, 6) is 1.16. The van der Waals surface area contributed by atoms with Crippen LogP contribution in [0.5, 0.6) is 0 Å². The van der Waals surface area contributed by atoms with E-state index in [-0.39, 0.29) is 11.9 Å². The second kappa shape index (κ2) is 8.23. The number of hydrogen-bond donors (Lipinski definition) is 2. The van der Waals surface area contributed by atoms with Crippen LogP contribution in [0.25, 0.3) is 0 Å². The summed E-state index contributed by atoms with van der Waals surface area (Å²) in [5, 5.41) is 10.3. The van der Waals surface area contributed by atoms with Crippen molar-refractivity contribution in [3.05, 3.63) is 47.8 Å². The number of nitrogens with zero attached hydrogens (tertiary/aromatic N) is 4. The minimum atomic E-state index is -0.266. The average molecular weight is 320 g/mol. The summed E-state index contributed by atoms with van der Waals surface area (Å²) in [4.78, 5) is 8.29. The standard InChI is InChI=1S/C15H21FN6O/c1-17-15(19-9-14-20-10-21-22(14)2)18-8-13(23-3)11-4-6-12(16)7-5-11/h4-7,10,13H,8-9H2,1-3H3,(H2,17,18,19). The predicted molar refractivity (Wildman–Crippen MR) is 85.4 cm³/mol. The van der Waals surface area contributed by atoms with Gasteiger partial charge >= 0.3 is 0 Å². The first-order chi connectivity index (χ1) is 11.1. The van der Waals surface area contributed by atoms with Gasteiger partial charge in [-0.15, -0.1) is 0 Å². The van der Waals surface area contributed by atoms with Gasteiger partial charge in [0.1, 0.15) is 18.0 Å². The highest BCUT2D eigenvalue weighted by Crippen LogP contribution is 2.15. The number of aryl methyl sites for hydroxylation is 1. The molecule has 0 aliphatic rings. The maximum atomic E-state index is 13.0. The number of aromatic nitrogens is 3. The molecule has 0 saturated heterocycles. The molecule has 1 heterocycles. The van der Waals surface area contributed by atoms with E-state index >= 15 is 0 Å². The summed E-state index contributed by atoms with van der Waals surface area (Å²) in [7, 11) is 5.13. The number of halogens is 1. The zero-order chi connectivity index (χ0) is 16.7. The maximum Gasteiger partial charge on any atom is 0.191 e. The number of hydrogen-bond acceptors (Lipinski definition) is 4. The van der Waals surface area contributed by atoms with Crippen LogP contribution in [-0.4, -0.2) is 41.4 Å². The first-order valence-electron chi connectivity index (χ1n) is 7.19. The lowest BCUT2D eigenvalue weighted by Gasteiger charge is -2.18. The van der Waals surface area contributed by atoms with E-state index in [4.69, 9.17) is 4.74 Å². The van der Waals surface area contributed by atoms with Gasteiger partial charge in [-0.2, -0.15) is 5.10 Å². The minimum absolute atomic E-state index is 0.205. The first kappa shape index (κ1) is 16.9. The fourth-order valence-electron chi connectivity index (χ4n) is 2.07. The Kier molecular flexibility index (Phi) is 6.04. The summed E-state index contributed by atoms with van der Waals surface area (Å²) in [6.07, 6.45) is 1.30. The highest BCUT2D eigenvalue weighted by molar-refractivity contribution is 5.79. The molecule has 0 radical (unpaired) electrons. The molecule has 8 heteroatoms. The van der Waals surface area contributed by atoms with Crippen LogP contribution < -0.4 is 10.6 Å². The predicted octanol–water partition coefficient (Wildman–Crippen LogP) is 1.01. The van der Waals surface area contributed by atoms with Crippen molar-refractivity contribution >= 4 is 5.96 Å². The van der Waals surface area contributed by atoms with Crippen molar-refractivity contribution in [2.45, 2.75) is 12.6 Å². The highest BCUT2D eigenvalue weighted by Gasteiger charge is 2.11. The van der Waals surface area contributed by atoms with Crippen LogP contribution in [0.1, 0.15) is 17.5 Å². The summed E-state index contributed by atoms with van der Waals surface area (Å²) in [6, 6.07) is 6.26. The molecule has 0 bridgehead atoms. The van der Waals surface area contributed by atoms with Gasteiger partial charge in [-0.3, -0.25) is 9.67 Å². The fraction of sp³-hybridized carbons (Fsp3) is 0.400. The van der Waals surface area contributed by atoms with Crippen LogP contribution in [0.4, 0.5) is 4.39 Å². The number of nitrogens with one attached hydrogen (secondary N) is 2. The molecule has 0 amide bonds. The van der Waals surface area contributed by atoms with Crippen molar-refractivity contribution in [1.82, 2.24) is 25.4 Å². The van der Waals surface area contributed by atoms with Gasteiger partial charge in [0.2, 0.25) is 0 Å². The van der Waals surface area contributed by atoms with Gasteiger partial charge in [-0.05, 0) is 17.7 Å². The lowest BCUT2D eigenvalue weighted by Crippen LogP contribution is -2.39. The molecule has 0 fully saturated rings. The summed E-state index contributed by atoms with van der Waals surface area (Å²) < 4.78 is 20.1. The maximum absolute atomic E-state index is 13.0. The fourth-order valence-corrected chi connectivity index (χ4v) is 2.07. The minimum Gasteiger partial charge on any atom is -0.375 e. The zero-order valence-electron chi connectivity index (χ0n) is 13.5. The molecule has 1 unspecified atom stereocenters. The molecular weight excluding hydrogens is 299 g/mol. The average Bonchev–Trinajstić information content (AvgIpc) is 2.97. The molecule has 124 valence electrons. The van der Waals surface area contributed by atoms with Crippen LogP contribution in [0.15, 0.2) is 35.6 Å². The van der Waals surface area contributed by atoms with Crippen LogP contribution in [0.2, 0.25) is 0 Å². The summed E-state index contributed by atoms with van der Waals surface area (Å²) in [6.45, 7) is 1.00. The molecule has 7 nitrogen and oxygen atoms in total. The number of methoxy groups -OCH3 is 1. The third kappa shape index (κ3) is 4.75. The van der Waals surface area contributed by atoms with Crippen LogP contribution in [-0.2, 0) is 18.3 Å². The summed E-state index contributed by atoms with van der Waals surface area (Å²) in [5.41, 5.74) is 0.894. The van der Waals surface area contributed by atoms with Crippen LogP contribution in [0, 0.1) is 5.82 Å². The lowest BCUT2D eigenvalue weighted by atomic mass is 10.1. The normalized spacial score (nSPS) is 13.0. The topological polar surface area (TPSA) is 76.4 Å². The van der Waals surface area contributed by atoms with Crippen molar-refractivity contribution in [2.75, 3.05) is 20.7 Å². The highest BCUT2D eigenvalue weighted by atomic mass is 19.1. The third-order valence-corrected chi connectivity index (χ3v) is 3.42. The Morgan fingerprint density at radius 1 is 1.35 bits per heavy atom. The molecule has 1 aromatic heterocycles. The molecule has 0 spiro atoms. The van der Waals surface area contributed by atoms with E-state index in [9.17, 15) is 4.39 Å². The molecule has 0 aliphatic carbocycles. The van der Waals surface area contributed by atoms with Gasteiger partial charge < -0.3 is 15.4 Å². The second-order valence-corrected chi connectivity index (χ2v) is 4.88. The zero-order valence-corrected chi connectivity index (χ0v) is 13.5. The van der Waals surface area contributed by atoms with Crippen molar-refractivity contribution in [2.24, 2.45) is 12.0 Å². The van der Waals surface area contributed by atoms with Gasteiger partial charge in [0, 0.05) is 27.7 Å². The molecule has 0 aliphatic heterocycles. The van der Waals surface area contributed by atoms with Crippen LogP contribution in [0.3, 0.4) is 0 Å². The van der Waals surface area contributed by atoms with E-state index < -0.39 is 0 Å². The van der Waals surface area contributed by atoms with Crippen molar-refractivity contribution in [3.63, 3.8) is 0 Å². The molecule has 1 aromatic carbocycles. The molecule has 23 heavy (non-hydrogen) atoms. The Morgan fingerprint density at radius 3 is 2.65 bits per heavy atom. The smallest absolute Gasteiger partial charge is 0.191 e. The van der Waals surface area contributed by atoms with Crippen molar-refractivity contribution in [1.29, 1.82) is 0 Å². The first-order valence-corrected chi connectivity index (χ1v) is 7.19. The molecule has 0 saturated carbocycles. The quantitative estimate of drug-likeness (QED) is 0.613. The van der Waals surface area contributed by atoms with E-state index in [0.29, 0.717) is 19.0 Å². The van der Waals surface area contributed by atoms with E-state index in [0.717, 1.165) is 11.4 Å². The Labute approximate surface area is 134 Å². The number of aliphatic imine (C=N–C) groups is 1. The molecule has 2 aromatic rings. The Bertz CT molecular complexity index is 640. The van der Waals surface area contributed by atoms with Gasteiger partial charge in [-0.1, -0.05) is 12.1 Å². The van der Waals surface area contributed by atoms with Gasteiger partial charge in [0.25, 0.3) is 0 Å². The SMILES string of the molecule is CN=C(NCc1ncnn1C)NCC(OC)c1ccc(F)cc1. The number of benzene rings is 1. The summed E-state index contributed by atoms with van der Waals surface area (Å²) >= 11 is 0.